The second-order valence-corrected chi connectivity index (χ2v) is 6.44. The number of hydrogen-bond acceptors (Lipinski definition) is 2. The number of nitrogens with one attached hydrogen (secondary N) is 2. The molecule has 144 valence electrons. The fourth-order valence-electron chi connectivity index (χ4n) is 2.19. The van der Waals surface area contributed by atoms with Gasteiger partial charge in [-0.3, -0.25) is 9.59 Å². The first-order valence-electron chi connectivity index (χ1n) is 7.83. The Bertz CT molecular complexity index is 824. The summed E-state index contributed by atoms with van der Waals surface area (Å²) in [6.45, 7) is 0.288. The highest BCUT2D eigenvalue weighted by molar-refractivity contribution is 6.35. The highest BCUT2D eigenvalue weighted by Gasteiger charge is 2.30. The lowest BCUT2D eigenvalue weighted by Gasteiger charge is -2.09. The van der Waals surface area contributed by atoms with Gasteiger partial charge in [0.1, 0.15) is 0 Å². The highest BCUT2D eigenvalue weighted by atomic mass is 35.5. The van der Waals surface area contributed by atoms with E-state index in [1.165, 1.54) is 6.07 Å². The van der Waals surface area contributed by atoms with Gasteiger partial charge in [-0.25, -0.2) is 0 Å². The summed E-state index contributed by atoms with van der Waals surface area (Å²) in [6, 6.07) is 8.69. The van der Waals surface area contributed by atoms with Gasteiger partial charge in [-0.1, -0.05) is 29.3 Å². The van der Waals surface area contributed by atoms with Crippen LogP contribution in [0.25, 0.3) is 0 Å². The van der Waals surface area contributed by atoms with Crippen molar-refractivity contribution in [3.63, 3.8) is 0 Å². The summed E-state index contributed by atoms with van der Waals surface area (Å²) in [4.78, 5) is 23.8. The fourth-order valence-corrected chi connectivity index (χ4v) is 2.67. The molecule has 2 aromatic carbocycles. The number of amides is 2. The molecule has 0 unspecified atom stereocenters. The lowest BCUT2D eigenvalue weighted by molar-refractivity contribution is -0.137. The first-order chi connectivity index (χ1) is 12.7. The Hall–Kier alpha value is -2.25. The molecule has 0 atom stereocenters. The number of alkyl halides is 3. The lowest BCUT2D eigenvalue weighted by Crippen LogP contribution is -2.35. The van der Waals surface area contributed by atoms with Crippen LogP contribution in [0.5, 0.6) is 0 Å². The van der Waals surface area contributed by atoms with Gasteiger partial charge < -0.3 is 10.6 Å². The standard InChI is InChI=1S/C18H15Cl2F3N2O2/c19-14-6-3-12(15(20)10-14)9-16(26)24-7-8-25-17(27)11-1-4-13(5-2-11)18(21,22)23/h1-6,10H,7-9H2,(H,24,26)(H,25,27). The Morgan fingerprint density at radius 2 is 1.56 bits per heavy atom. The molecule has 2 amide bonds. The number of carbonyl (C=O) groups excluding carboxylic acids is 2. The van der Waals surface area contributed by atoms with Crippen molar-refractivity contribution in [1.29, 1.82) is 0 Å². The minimum Gasteiger partial charge on any atom is -0.354 e. The SMILES string of the molecule is O=C(Cc1ccc(Cl)cc1Cl)NCCNC(=O)c1ccc(C(F)(F)F)cc1. The summed E-state index contributed by atoms with van der Waals surface area (Å²) >= 11 is 11.8. The molecule has 0 spiro atoms. The third-order valence-corrected chi connectivity index (χ3v) is 4.16. The molecule has 4 nitrogen and oxygen atoms in total. The average molecular weight is 419 g/mol. The van der Waals surface area contributed by atoms with Crippen molar-refractivity contribution in [3.05, 3.63) is 69.2 Å². The van der Waals surface area contributed by atoms with E-state index in [4.69, 9.17) is 23.2 Å². The Kier molecular flexibility index (Phi) is 7.10. The third kappa shape index (κ3) is 6.45. The first-order valence-corrected chi connectivity index (χ1v) is 8.58. The molecule has 0 saturated heterocycles. The number of benzene rings is 2. The summed E-state index contributed by atoms with van der Waals surface area (Å²) in [6.07, 6.45) is -4.39. The van der Waals surface area contributed by atoms with E-state index < -0.39 is 17.6 Å². The molecule has 9 heteroatoms. The molecular formula is C18H15Cl2F3N2O2. The smallest absolute Gasteiger partial charge is 0.354 e. The van der Waals surface area contributed by atoms with Gasteiger partial charge in [0.15, 0.2) is 0 Å². The van der Waals surface area contributed by atoms with Crippen molar-refractivity contribution in [2.45, 2.75) is 12.6 Å². The van der Waals surface area contributed by atoms with Gasteiger partial charge >= 0.3 is 6.18 Å². The summed E-state index contributed by atoms with van der Waals surface area (Å²) in [7, 11) is 0. The van der Waals surface area contributed by atoms with E-state index in [0.29, 0.717) is 15.6 Å². The molecule has 2 aromatic rings. The number of halogens is 5. The maximum atomic E-state index is 12.5. The van der Waals surface area contributed by atoms with Gasteiger partial charge in [-0.05, 0) is 42.0 Å². The van der Waals surface area contributed by atoms with Crippen molar-refractivity contribution in [2.75, 3.05) is 13.1 Å². The van der Waals surface area contributed by atoms with Gasteiger partial charge in [-0.15, -0.1) is 0 Å². The minimum absolute atomic E-state index is 0.0584. The second kappa shape index (κ2) is 9.10. The van der Waals surface area contributed by atoms with Crippen LogP contribution >= 0.6 is 23.2 Å². The number of carbonyl (C=O) groups is 2. The quantitative estimate of drug-likeness (QED) is 0.693. The van der Waals surface area contributed by atoms with Gasteiger partial charge in [0.25, 0.3) is 5.91 Å². The Morgan fingerprint density at radius 1 is 0.926 bits per heavy atom. The van der Waals surface area contributed by atoms with Crippen LogP contribution in [0.4, 0.5) is 13.2 Å². The van der Waals surface area contributed by atoms with Crippen LogP contribution in [0, 0.1) is 0 Å². The largest absolute Gasteiger partial charge is 0.416 e. The number of rotatable bonds is 6. The van der Waals surface area contributed by atoms with Gasteiger partial charge in [0, 0.05) is 28.7 Å². The molecular weight excluding hydrogens is 404 g/mol. The molecule has 0 radical (unpaired) electrons. The van der Waals surface area contributed by atoms with Crippen LogP contribution in [0.1, 0.15) is 21.5 Å². The molecule has 2 rings (SSSR count). The van der Waals surface area contributed by atoms with Crippen molar-refractivity contribution < 1.29 is 22.8 Å². The molecule has 27 heavy (non-hydrogen) atoms. The van der Waals surface area contributed by atoms with E-state index in [-0.39, 0.29) is 31.0 Å². The molecule has 0 aliphatic rings. The summed E-state index contributed by atoms with van der Waals surface area (Å²) in [5.41, 5.74) is -0.109. The van der Waals surface area contributed by atoms with Crippen LogP contribution in [-0.4, -0.2) is 24.9 Å². The van der Waals surface area contributed by atoms with Crippen molar-refractivity contribution in [1.82, 2.24) is 10.6 Å². The third-order valence-electron chi connectivity index (χ3n) is 3.57. The van der Waals surface area contributed by atoms with E-state index in [0.717, 1.165) is 24.3 Å². The zero-order chi connectivity index (χ0) is 20.0. The maximum absolute atomic E-state index is 12.5. The summed E-state index contributed by atoms with van der Waals surface area (Å²) in [5, 5.41) is 5.98. The van der Waals surface area contributed by atoms with Gasteiger partial charge in [-0.2, -0.15) is 13.2 Å². The molecule has 0 aliphatic carbocycles. The molecule has 2 N–H and O–H groups in total. The monoisotopic (exact) mass is 418 g/mol. The Balaban J connectivity index is 1.75. The molecule has 0 aromatic heterocycles. The summed E-state index contributed by atoms with van der Waals surface area (Å²) < 4.78 is 37.5. The number of hydrogen-bond donors (Lipinski definition) is 2. The van der Waals surface area contributed by atoms with Crippen molar-refractivity contribution in [3.8, 4) is 0 Å². The molecule has 0 fully saturated rings. The first kappa shape index (κ1) is 21.1. The maximum Gasteiger partial charge on any atom is 0.416 e. The molecule has 0 saturated carbocycles. The zero-order valence-electron chi connectivity index (χ0n) is 13.9. The predicted octanol–water partition coefficient (Wildman–Crippen LogP) is 4.10. The van der Waals surface area contributed by atoms with E-state index in [1.54, 1.807) is 12.1 Å². The van der Waals surface area contributed by atoms with Crippen LogP contribution in [0.3, 0.4) is 0 Å². The second-order valence-electron chi connectivity index (χ2n) is 5.59. The van der Waals surface area contributed by atoms with Gasteiger partial charge in [0.2, 0.25) is 5.91 Å². The Labute approximate surface area is 163 Å². The highest BCUT2D eigenvalue weighted by Crippen LogP contribution is 2.29. The summed E-state index contributed by atoms with van der Waals surface area (Å²) in [5.74, 6) is -0.818. The van der Waals surface area contributed by atoms with E-state index in [9.17, 15) is 22.8 Å². The van der Waals surface area contributed by atoms with Gasteiger partial charge in [0.05, 0.1) is 12.0 Å². The molecule has 0 aliphatic heterocycles. The normalized spacial score (nSPS) is 11.1. The van der Waals surface area contributed by atoms with Crippen LogP contribution in [-0.2, 0) is 17.4 Å². The average Bonchev–Trinajstić information content (AvgIpc) is 2.60. The van der Waals surface area contributed by atoms with E-state index in [2.05, 4.69) is 10.6 Å². The Morgan fingerprint density at radius 3 is 2.15 bits per heavy atom. The fraction of sp³-hybridized carbons (Fsp3) is 0.222. The lowest BCUT2D eigenvalue weighted by atomic mass is 10.1. The van der Waals surface area contributed by atoms with Crippen molar-refractivity contribution >= 4 is 35.0 Å². The molecule has 0 bridgehead atoms. The van der Waals surface area contributed by atoms with E-state index >= 15 is 0 Å². The van der Waals surface area contributed by atoms with Crippen LogP contribution < -0.4 is 10.6 Å². The minimum atomic E-state index is -4.45. The zero-order valence-corrected chi connectivity index (χ0v) is 15.4. The van der Waals surface area contributed by atoms with Crippen LogP contribution in [0.2, 0.25) is 10.0 Å². The van der Waals surface area contributed by atoms with Crippen LogP contribution in [0.15, 0.2) is 42.5 Å². The predicted molar refractivity (Wildman–Crippen MR) is 97.0 cm³/mol. The molecule has 0 heterocycles. The topological polar surface area (TPSA) is 58.2 Å². The van der Waals surface area contributed by atoms with Crippen molar-refractivity contribution in [2.24, 2.45) is 0 Å². The van der Waals surface area contributed by atoms with E-state index in [1.807, 2.05) is 0 Å².